The number of thiophene rings is 1. The number of hydrogen-bond donors (Lipinski definition) is 2. The number of carbonyl (C=O) groups excluding carboxylic acids is 2. The summed E-state index contributed by atoms with van der Waals surface area (Å²) in [6, 6.07) is 9.61. The summed E-state index contributed by atoms with van der Waals surface area (Å²) in [5, 5.41) is 5.57. The van der Waals surface area contributed by atoms with Crippen molar-refractivity contribution in [2.24, 2.45) is 5.73 Å². The normalized spacial score (nSPS) is 10.6. The van der Waals surface area contributed by atoms with Gasteiger partial charge in [-0.2, -0.15) is 0 Å². The number of hydrogen-bond acceptors (Lipinski definition) is 5. The maximum atomic E-state index is 12.1. The van der Waals surface area contributed by atoms with Crippen LogP contribution < -0.4 is 11.1 Å². The van der Waals surface area contributed by atoms with E-state index in [-0.39, 0.29) is 11.6 Å². The van der Waals surface area contributed by atoms with Crippen molar-refractivity contribution >= 4 is 49.7 Å². The molecule has 0 aliphatic rings. The molecule has 0 fully saturated rings. The van der Waals surface area contributed by atoms with E-state index in [9.17, 15) is 9.59 Å². The number of rotatable bonds is 3. The third kappa shape index (κ3) is 2.40. The topological polar surface area (TPSA) is 85.1 Å². The molecule has 0 radical (unpaired) electrons. The maximum Gasteiger partial charge on any atom is 0.268 e. The Balaban J connectivity index is 1.83. The Kier molecular flexibility index (Phi) is 3.21. The molecule has 0 aliphatic carbocycles. The van der Waals surface area contributed by atoms with Crippen LogP contribution in [-0.2, 0) is 0 Å². The lowest BCUT2D eigenvalue weighted by molar-refractivity contribution is 0.0992. The average molecular weight is 303 g/mol. The van der Waals surface area contributed by atoms with E-state index in [2.05, 4.69) is 10.3 Å². The molecule has 100 valence electrons. The number of anilines is 1. The Morgan fingerprint density at radius 3 is 2.75 bits per heavy atom. The lowest BCUT2D eigenvalue weighted by atomic mass is 10.2. The van der Waals surface area contributed by atoms with Crippen molar-refractivity contribution in [3.63, 3.8) is 0 Å². The smallest absolute Gasteiger partial charge is 0.268 e. The number of amides is 2. The van der Waals surface area contributed by atoms with E-state index in [1.165, 1.54) is 28.1 Å². The third-order valence-corrected chi connectivity index (χ3v) is 4.50. The number of nitrogens with one attached hydrogen (secondary N) is 1. The van der Waals surface area contributed by atoms with Crippen LogP contribution >= 0.6 is 22.7 Å². The number of nitrogens with two attached hydrogens (primary N) is 1. The van der Waals surface area contributed by atoms with Crippen LogP contribution in [0.3, 0.4) is 0 Å². The van der Waals surface area contributed by atoms with Crippen LogP contribution in [0.5, 0.6) is 0 Å². The zero-order valence-corrected chi connectivity index (χ0v) is 11.8. The van der Waals surface area contributed by atoms with Crippen LogP contribution in [0.2, 0.25) is 0 Å². The molecule has 20 heavy (non-hydrogen) atoms. The fraction of sp³-hybridized carbons (Fsp3) is 0. The van der Waals surface area contributed by atoms with Gasteiger partial charge in [0.2, 0.25) is 0 Å². The SMILES string of the molecule is NC(=O)c1csc(NC(=O)c2cc3ccccc3s2)n1. The minimum Gasteiger partial charge on any atom is -0.364 e. The fourth-order valence-corrected chi connectivity index (χ4v) is 3.35. The molecule has 2 heterocycles. The largest absolute Gasteiger partial charge is 0.364 e. The maximum absolute atomic E-state index is 12.1. The standard InChI is InChI=1S/C13H9N3O2S2/c14-11(17)8-6-19-13(15-8)16-12(18)10-5-7-3-1-2-4-9(7)20-10/h1-6H,(H2,14,17)(H,15,16,18). The van der Waals surface area contributed by atoms with E-state index in [0.717, 1.165) is 10.1 Å². The number of thiazole rings is 1. The molecular formula is C13H9N3O2S2. The molecule has 1 aromatic carbocycles. The highest BCUT2D eigenvalue weighted by Gasteiger charge is 2.13. The van der Waals surface area contributed by atoms with Crippen LogP contribution in [-0.4, -0.2) is 16.8 Å². The van der Waals surface area contributed by atoms with Crippen LogP contribution in [0.15, 0.2) is 35.7 Å². The fourth-order valence-electron chi connectivity index (χ4n) is 1.70. The van der Waals surface area contributed by atoms with Gasteiger partial charge in [-0.15, -0.1) is 22.7 Å². The summed E-state index contributed by atoms with van der Waals surface area (Å²) >= 11 is 2.58. The second-order valence-corrected chi connectivity index (χ2v) is 5.95. The highest BCUT2D eigenvalue weighted by atomic mass is 32.1. The van der Waals surface area contributed by atoms with Crippen LogP contribution in [0, 0.1) is 0 Å². The van der Waals surface area contributed by atoms with Gasteiger partial charge in [0.15, 0.2) is 5.13 Å². The predicted molar refractivity (Wildman–Crippen MR) is 80.4 cm³/mol. The first-order valence-corrected chi connectivity index (χ1v) is 7.38. The molecular weight excluding hydrogens is 294 g/mol. The van der Waals surface area contributed by atoms with Gasteiger partial charge >= 0.3 is 0 Å². The van der Waals surface area contributed by atoms with E-state index in [1.54, 1.807) is 0 Å². The average Bonchev–Trinajstić information content (AvgIpc) is 3.04. The summed E-state index contributed by atoms with van der Waals surface area (Å²) < 4.78 is 1.05. The summed E-state index contributed by atoms with van der Waals surface area (Å²) in [4.78, 5) is 27.6. The first-order chi connectivity index (χ1) is 9.63. The molecule has 3 N–H and O–H groups in total. The molecule has 7 heteroatoms. The van der Waals surface area contributed by atoms with Gasteiger partial charge in [0.25, 0.3) is 11.8 Å². The van der Waals surface area contributed by atoms with Crippen LogP contribution in [0.1, 0.15) is 20.2 Å². The van der Waals surface area contributed by atoms with Crippen molar-refractivity contribution < 1.29 is 9.59 Å². The summed E-state index contributed by atoms with van der Waals surface area (Å²) in [5.74, 6) is -0.847. The van der Waals surface area contributed by atoms with E-state index in [1.807, 2.05) is 30.3 Å². The van der Waals surface area contributed by atoms with E-state index in [4.69, 9.17) is 5.73 Å². The summed E-state index contributed by atoms with van der Waals surface area (Å²) in [6.45, 7) is 0. The van der Waals surface area contributed by atoms with Gasteiger partial charge in [0.05, 0.1) is 4.88 Å². The number of nitrogens with zero attached hydrogens (tertiary/aromatic N) is 1. The van der Waals surface area contributed by atoms with Gasteiger partial charge in [-0.05, 0) is 17.5 Å². The Bertz CT molecular complexity index is 774. The quantitative estimate of drug-likeness (QED) is 0.780. The van der Waals surface area contributed by atoms with Crippen LogP contribution in [0.4, 0.5) is 5.13 Å². The third-order valence-electron chi connectivity index (χ3n) is 2.63. The van der Waals surface area contributed by atoms with Crippen molar-refractivity contribution in [3.8, 4) is 0 Å². The summed E-state index contributed by atoms with van der Waals surface area (Å²) in [7, 11) is 0. The minimum atomic E-state index is -0.608. The molecule has 3 rings (SSSR count). The van der Waals surface area contributed by atoms with Gasteiger partial charge in [0.1, 0.15) is 5.69 Å². The summed E-state index contributed by atoms with van der Waals surface area (Å²) in [5.41, 5.74) is 5.27. The number of carbonyl (C=O) groups is 2. The van der Waals surface area contributed by atoms with Gasteiger partial charge in [-0.1, -0.05) is 18.2 Å². The first-order valence-electron chi connectivity index (χ1n) is 5.69. The zero-order valence-electron chi connectivity index (χ0n) is 10.1. The number of fused-ring (bicyclic) bond motifs is 1. The van der Waals surface area contributed by atoms with Crippen molar-refractivity contribution in [1.29, 1.82) is 0 Å². The Morgan fingerprint density at radius 2 is 2.05 bits per heavy atom. The van der Waals surface area contributed by atoms with Crippen molar-refractivity contribution in [3.05, 3.63) is 46.3 Å². The Hall–Kier alpha value is -2.25. The minimum absolute atomic E-state index is 0.154. The van der Waals surface area contributed by atoms with Gasteiger partial charge in [0, 0.05) is 10.1 Å². The van der Waals surface area contributed by atoms with E-state index >= 15 is 0 Å². The van der Waals surface area contributed by atoms with E-state index in [0.29, 0.717) is 10.0 Å². The lowest BCUT2D eigenvalue weighted by Gasteiger charge is -1.97. The second-order valence-electron chi connectivity index (χ2n) is 4.00. The van der Waals surface area contributed by atoms with Gasteiger partial charge < -0.3 is 5.73 Å². The number of primary amides is 1. The summed E-state index contributed by atoms with van der Waals surface area (Å²) in [6.07, 6.45) is 0. The van der Waals surface area contributed by atoms with Crippen molar-refractivity contribution in [2.75, 3.05) is 5.32 Å². The highest BCUT2D eigenvalue weighted by molar-refractivity contribution is 7.21. The molecule has 0 atom stereocenters. The zero-order chi connectivity index (χ0) is 14.1. The molecule has 0 bridgehead atoms. The molecule has 0 spiro atoms. The molecule has 0 saturated carbocycles. The second kappa shape index (κ2) is 5.03. The Labute approximate surface area is 122 Å². The molecule has 0 unspecified atom stereocenters. The molecule has 2 amide bonds. The molecule has 3 aromatic rings. The lowest BCUT2D eigenvalue weighted by Crippen LogP contribution is -2.13. The van der Waals surface area contributed by atoms with E-state index < -0.39 is 5.91 Å². The molecule has 0 saturated heterocycles. The van der Waals surface area contributed by atoms with Crippen molar-refractivity contribution in [1.82, 2.24) is 4.98 Å². The predicted octanol–water partition coefficient (Wildman–Crippen LogP) is 2.71. The molecule has 0 aliphatic heterocycles. The highest BCUT2D eigenvalue weighted by Crippen LogP contribution is 2.26. The number of aromatic nitrogens is 1. The first kappa shape index (κ1) is 12.8. The molecule has 5 nitrogen and oxygen atoms in total. The molecule has 2 aromatic heterocycles. The van der Waals surface area contributed by atoms with Crippen molar-refractivity contribution in [2.45, 2.75) is 0 Å². The van der Waals surface area contributed by atoms with Gasteiger partial charge in [-0.25, -0.2) is 4.98 Å². The van der Waals surface area contributed by atoms with Crippen LogP contribution in [0.25, 0.3) is 10.1 Å². The Morgan fingerprint density at radius 1 is 1.25 bits per heavy atom. The monoisotopic (exact) mass is 303 g/mol. The number of benzene rings is 1. The van der Waals surface area contributed by atoms with Gasteiger partial charge in [-0.3, -0.25) is 14.9 Å².